The molecule has 1 amide bonds. The molecule has 0 bridgehead atoms. The molecule has 1 fully saturated rings. The van der Waals surface area contributed by atoms with Crippen LogP contribution in [0, 0.1) is 5.41 Å². The van der Waals surface area contributed by atoms with E-state index in [9.17, 15) is 4.79 Å². The van der Waals surface area contributed by atoms with Gasteiger partial charge in [-0.3, -0.25) is 4.79 Å². The van der Waals surface area contributed by atoms with Gasteiger partial charge in [0.15, 0.2) is 0 Å². The lowest BCUT2D eigenvalue weighted by Gasteiger charge is -2.26. The zero-order valence-corrected chi connectivity index (χ0v) is 12.6. The van der Waals surface area contributed by atoms with Crippen LogP contribution in [0.1, 0.15) is 52.4 Å². The minimum atomic E-state index is -0.155. The van der Waals surface area contributed by atoms with Crippen LogP contribution in [0.15, 0.2) is 0 Å². The number of unbranched alkanes of at least 4 members (excludes halogenated alkanes) is 1. The van der Waals surface area contributed by atoms with E-state index in [-0.39, 0.29) is 11.3 Å². The van der Waals surface area contributed by atoms with Crippen LogP contribution < -0.4 is 10.6 Å². The SMILES string of the molecule is CCCCOCCCNC(=O)C1(CCC)CCNC1. The van der Waals surface area contributed by atoms with Gasteiger partial charge in [0.25, 0.3) is 0 Å². The highest BCUT2D eigenvalue weighted by Crippen LogP contribution is 2.31. The molecule has 2 N–H and O–H groups in total. The van der Waals surface area contributed by atoms with Gasteiger partial charge in [-0.25, -0.2) is 0 Å². The van der Waals surface area contributed by atoms with Crippen LogP contribution in [0.4, 0.5) is 0 Å². The largest absolute Gasteiger partial charge is 0.381 e. The highest BCUT2D eigenvalue weighted by Gasteiger charge is 2.39. The van der Waals surface area contributed by atoms with Gasteiger partial charge in [0.05, 0.1) is 5.41 Å². The van der Waals surface area contributed by atoms with Crippen molar-refractivity contribution in [2.75, 3.05) is 32.8 Å². The average Bonchev–Trinajstić information content (AvgIpc) is 2.88. The van der Waals surface area contributed by atoms with Crippen LogP contribution in [0.5, 0.6) is 0 Å². The third kappa shape index (κ3) is 5.49. The third-order valence-corrected chi connectivity index (χ3v) is 3.85. The first kappa shape index (κ1) is 16.4. The summed E-state index contributed by atoms with van der Waals surface area (Å²) in [5.74, 6) is 0.230. The molecule has 0 spiro atoms. The Morgan fingerprint density at radius 1 is 1.26 bits per heavy atom. The number of rotatable bonds is 10. The Morgan fingerprint density at radius 3 is 2.68 bits per heavy atom. The Balaban J connectivity index is 2.15. The minimum absolute atomic E-state index is 0.155. The Kier molecular flexibility index (Phi) is 8.07. The molecule has 1 aliphatic rings. The van der Waals surface area contributed by atoms with Crippen molar-refractivity contribution >= 4 is 5.91 Å². The topological polar surface area (TPSA) is 50.4 Å². The van der Waals surface area contributed by atoms with Crippen LogP contribution in [0.2, 0.25) is 0 Å². The summed E-state index contributed by atoms with van der Waals surface area (Å²) in [7, 11) is 0. The molecule has 4 heteroatoms. The number of ether oxygens (including phenoxy) is 1. The zero-order chi connectivity index (χ0) is 14.0. The fourth-order valence-electron chi connectivity index (χ4n) is 2.66. The van der Waals surface area contributed by atoms with Gasteiger partial charge in [-0.15, -0.1) is 0 Å². The molecule has 0 aliphatic carbocycles. The molecule has 1 rings (SSSR count). The maximum absolute atomic E-state index is 12.3. The molecule has 0 saturated carbocycles. The van der Waals surface area contributed by atoms with Gasteiger partial charge in [-0.1, -0.05) is 26.7 Å². The fraction of sp³-hybridized carbons (Fsp3) is 0.933. The van der Waals surface area contributed by atoms with Gasteiger partial charge in [-0.05, 0) is 32.2 Å². The summed E-state index contributed by atoms with van der Waals surface area (Å²) >= 11 is 0. The summed E-state index contributed by atoms with van der Waals surface area (Å²) in [6, 6.07) is 0. The van der Waals surface area contributed by atoms with Crippen LogP contribution in [-0.2, 0) is 9.53 Å². The molecule has 0 radical (unpaired) electrons. The predicted octanol–water partition coefficient (Wildman–Crippen LogP) is 2.09. The zero-order valence-electron chi connectivity index (χ0n) is 12.6. The van der Waals surface area contributed by atoms with E-state index in [0.29, 0.717) is 0 Å². The molecule has 0 aromatic rings. The van der Waals surface area contributed by atoms with Crippen molar-refractivity contribution in [2.45, 2.75) is 52.4 Å². The number of carbonyl (C=O) groups excluding carboxylic acids is 1. The number of amides is 1. The quantitative estimate of drug-likeness (QED) is 0.598. The summed E-state index contributed by atoms with van der Waals surface area (Å²) in [5, 5.41) is 6.40. The van der Waals surface area contributed by atoms with Crippen LogP contribution in [0.25, 0.3) is 0 Å². The summed E-state index contributed by atoms with van der Waals surface area (Å²) in [4.78, 5) is 12.3. The van der Waals surface area contributed by atoms with E-state index in [1.54, 1.807) is 0 Å². The smallest absolute Gasteiger partial charge is 0.227 e. The summed E-state index contributed by atoms with van der Waals surface area (Å²) in [6.45, 7) is 8.43. The van der Waals surface area contributed by atoms with Crippen LogP contribution in [0.3, 0.4) is 0 Å². The first-order valence-electron chi connectivity index (χ1n) is 7.82. The normalized spacial score (nSPS) is 22.6. The molecule has 4 nitrogen and oxygen atoms in total. The average molecular weight is 270 g/mol. The van der Waals surface area contributed by atoms with E-state index in [1.165, 1.54) is 6.42 Å². The molecular formula is C15H30N2O2. The van der Waals surface area contributed by atoms with E-state index < -0.39 is 0 Å². The molecule has 1 saturated heterocycles. The molecule has 1 atom stereocenters. The van der Waals surface area contributed by atoms with Gasteiger partial charge in [0, 0.05) is 26.3 Å². The summed E-state index contributed by atoms with van der Waals surface area (Å²) in [5.41, 5.74) is -0.155. The Morgan fingerprint density at radius 2 is 2.05 bits per heavy atom. The van der Waals surface area contributed by atoms with E-state index in [0.717, 1.165) is 65.0 Å². The second kappa shape index (κ2) is 9.32. The summed E-state index contributed by atoms with van der Waals surface area (Å²) in [6.07, 6.45) is 6.22. The minimum Gasteiger partial charge on any atom is -0.381 e. The van der Waals surface area contributed by atoms with Crippen molar-refractivity contribution in [1.29, 1.82) is 0 Å². The van der Waals surface area contributed by atoms with Crippen LogP contribution in [-0.4, -0.2) is 38.8 Å². The second-order valence-electron chi connectivity index (χ2n) is 5.53. The maximum Gasteiger partial charge on any atom is 0.227 e. The first-order valence-corrected chi connectivity index (χ1v) is 7.82. The van der Waals surface area contributed by atoms with Crippen molar-refractivity contribution in [3.63, 3.8) is 0 Å². The standard InChI is InChI=1S/C15H30N2O2/c1-3-5-11-19-12-6-9-17-14(18)15(7-4-2)8-10-16-13-15/h16H,3-13H2,1-2H3,(H,17,18). The molecule has 112 valence electrons. The van der Waals surface area contributed by atoms with E-state index >= 15 is 0 Å². The third-order valence-electron chi connectivity index (χ3n) is 3.85. The van der Waals surface area contributed by atoms with Gasteiger partial charge in [0.1, 0.15) is 0 Å². The maximum atomic E-state index is 12.3. The molecular weight excluding hydrogens is 240 g/mol. The van der Waals surface area contributed by atoms with Crippen molar-refractivity contribution < 1.29 is 9.53 Å². The fourth-order valence-corrected chi connectivity index (χ4v) is 2.66. The van der Waals surface area contributed by atoms with Crippen LogP contribution >= 0.6 is 0 Å². The number of hydrogen-bond donors (Lipinski definition) is 2. The monoisotopic (exact) mass is 270 g/mol. The van der Waals surface area contributed by atoms with Crippen molar-refractivity contribution in [3.8, 4) is 0 Å². The van der Waals surface area contributed by atoms with E-state index in [2.05, 4.69) is 24.5 Å². The number of hydrogen-bond acceptors (Lipinski definition) is 3. The number of nitrogens with one attached hydrogen (secondary N) is 2. The lowest BCUT2D eigenvalue weighted by Crippen LogP contribution is -2.43. The van der Waals surface area contributed by atoms with Crippen molar-refractivity contribution in [2.24, 2.45) is 5.41 Å². The highest BCUT2D eigenvalue weighted by molar-refractivity contribution is 5.83. The van der Waals surface area contributed by atoms with Gasteiger partial charge in [0.2, 0.25) is 5.91 Å². The number of carbonyl (C=O) groups is 1. The van der Waals surface area contributed by atoms with Gasteiger partial charge >= 0.3 is 0 Å². The van der Waals surface area contributed by atoms with Gasteiger partial charge in [-0.2, -0.15) is 0 Å². The van der Waals surface area contributed by atoms with Gasteiger partial charge < -0.3 is 15.4 Å². The Hall–Kier alpha value is -0.610. The Bertz CT molecular complexity index is 251. The Labute approximate surface area is 117 Å². The summed E-state index contributed by atoms with van der Waals surface area (Å²) < 4.78 is 5.49. The lowest BCUT2D eigenvalue weighted by atomic mass is 9.81. The highest BCUT2D eigenvalue weighted by atomic mass is 16.5. The molecule has 1 unspecified atom stereocenters. The van der Waals surface area contributed by atoms with Crippen molar-refractivity contribution in [1.82, 2.24) is 10.6 Å². The lowest BCUT2D eigenvalue weighted by molar-refractivity contribution is -0.130. The molecule has 1 aliphatic heterocycles. The molecule has 0 aromatic carbocycles. The molecule has 1 heterocycles. The van der Waals surface area contributed by atoms with E-state index in [4.69, 9.17) is 4.74 Å². The predicted molar refractivity (Wildman–Crippen MR) is 78.2 cm³/mol. The first-order chi connectivity index (χ1) is 9.25. The van der Waals surface area contributed by atoms with E-state index in [1.807, 2.05) is 0 Å². The molecule has 0 aromatic heterocycles. The molecule has 19 heavy (non-hydrogen) atoms. The second-order valence-corrected chi connectivity index (χ2v) is 5.53. The van der Waals surface area contributed by atoms with Crippen molar-refractivity contribution in [3.05, 3.63) is 0 Å².